The predicted molar refractivity (Wildman–Crippen MR) is 444 cm³/mol. The molecule has 0 bridgehead atoms. The predicted octanol–water partition coefficient (Wildman–Crippen LogP) is 16.5. The highest BCUT2D eigenvalue weighted by molar-refractivity contribution is 7.47. The zero-order valence-electron chi connectivity index (χ0n) is 71.6. The Balaban J connectivity index is 1.93. The molecule has 0 aromatic carbocycles. The first kappa shape index (κ1) is 106. The van der Waals surface area contributed by atoms with Crippen molar-refractivity contribution < 1.29 is 122 Å². The first-order valence-electron chi connectivity index (χ1n) is 46.1. The lowest BCUT2D eigenvalue weighted by atomic mass is 9.84. The molecule has 18 unspecified atom stereocenters. The van der Waals surface area contributed by atoms with Gasteiger partial charge in [-0.2, -0.15) is 0 Å². The molecule has 0 radical (unpaired) electrons. The van der Waals surface area contributed by atoms with Gasteiger partial charge in [0.05, 0.1) is 13.2 Å². The molecule has 10 N–H and O–H groups in total. The van der Waals surface area contributed by atoms with E-state index in [1.165, 1.54) is 161 Å². The third-order valence-corrected chi connectivity index (χ3v) is 23.4. The van der Waals surface area contributed by atoms with Gasteiger partial charge in [-0.25, -0.2) is 4.57 Å². The van der Waals surface area contributed by atoms with E-state index in [2.05, 4.69) is 52.0 Å². The SMILES string of the molecule is CCCCCC/C=C\CCCCCCCCCC(=O)OC1C(O)C(O)C(OC2OC(CO)C(O)C(O)C2O)C(OP(=O)(O)OCC(COC(=O)CCCCCCCCCCCCCCC)OC(=O)CCCCC/C=C\CCCCCCCC)C1OC1OC(COC(=O)CCCCCCCCCCCCCCCCC)C(O)C(O)C1O. The molecule has 3 aliphatic rings. The molecule has 25 nitrogen and oxygen atoms in total. The average Bonchev–Trinajstić information content (AvgIpc) is 0.753. The van der Waals surface area contributed by atoms with Crippen LogP contribution in [0.2, 0.25) is 0 Å². The summed E-state index contributed by atoms with van der Waals surface area (Å²) in [4.78, 5) is 66.3. The van der Waals surface area contributed by atoms with Crippen LogP contribution in [0.3, 0.4) is 0 Å². The van der Waals surface area contributed by atoms with Crippen molar-refractivity contribution in [1.29, 1.82) is 0 Å². The molecular formula is C89H163O25P. The normalized spacial score (nSPS) is 25.3. The van der Waals surface area contributed by atoms with E-state index in [0.29, 0.717) is 38.5 Å². The number of hydrogen-bond donors (Lipinski definition) is 10. The Bertz CT molecular complexity index is 2490. The summed E-state index contributed by atoms with van der Waals surface area (Å²) in [6, 6.07) is 0. The molecule has 1 aliphatic carbocycles. The van der Waals surface area contributed by atoms with Gasteiger partial charge in [0.15, 0.2) is 24.8 Å². The summed E-state index contributed by atoms with van der Waals surface area (Å²) in [7, 11) is -5.81. The van der Waals surface area contributed by atoms with Crippen LogP contribution in [0.15, 0.2) is 24.3 Å². The summed E-state index contributed by atoms with van der Waals surface area (Å²) in [6.07, 6.45) is 27.5. The van der Waals surface area contributed by atoms with Crippen molar-refractivity contribution in [3.05, 3.63) is 24.3 Å². The second-order valence-corrected chi connectivity index (χ2v) is 34.2. The highest BCUT2D eigenvalue weighted by atomic mass is 31.2. The van der Waals surface area contributed by atoms with Gasteiger partial charge in [-0.1, -0.05) is 309 Å². The molecule has 0 spiro atoms. The number of phosphoric acid groups is 1. The molecule has 2 aliphatic heterocycles. The third-order valence-electron chi connectivity index (χ3n) is 22.4. The van der Waals surface area contributed by atoms with Crippen LogP contribution in [0.5, 0.6) is 0 Å². The van der Waals surface area contributed by atoms with Crippen LogP contribution in [-0.2, 0) is 70.7 Å². The lowest BCUT2D eigenvalue weighted by Gasteiger charge is -2.50. The highest BCUT2D eigenvalue weighted by Gasteiger charge is 2.60. The molecule has 2 heterocycles. The number of phosphoric ester groups is 1. The molecule has 2 saturated heterocycles. The maximum absolute atomic E-state index is 14.9. The van der Waals surface area contributed by atoms with Crippen LogP contribution in [0.25, 0.3) is 0 Å². The van der Waals surface area contributed by atoms with Gasteiger partial charge in [0, 0.05) is 25.7 Å². The van der Waals surface area contributed by atoms with Gasteiger partial charge in [0.25, 0.3) is 0 Å². The molecule has 1 saturated carbocycles. The van der Waals surface area contributed by atoms with E-state index in [-0.39, 0.29) is 25.7 Å². The van der Waals surface area contributed by atoms with Crippen molar-refractivity contribution in [2.45, 2.75) is 491 Å². The van der Waals surface area contributed by atoms with Crippen molar-refractivity contribution in [2.24, 2.45) is 0 Å². The van der Waals surface area contributed by atoms with Gasteiger partial charge >= 0.3 is 31.7 Å². The number of rotatable bonds is 74. The number of ether oxygens (including phenoxy) is 8. The molecule has 3 fully saturated rings. The second-order valence-electron chi connectivity index (χ2n) is 32.8. The minimum absolute atomic E-state index is 0.0165. The average molecular weight is 1660 g/mol. The van der Waals surface area contributed by atoms with Gasteiger partial charge < -0.3 is 88.7 Å². The van der Waals surface area contributed by atoms with Crippen molar-refractivity contribution in [3.8, 4) is 0 Å². The smallest absolute Gasteiger partial charge is 0.463 e. The number of unbranched alkanes of at least 4 members (excludes halogenated alkanes) is 46. The fraction of sp³-hybridized carbons (Fsp3) is 0.910. The van der Waals surface area contributed by atoms with Crippen LogP contribution >= 0.6 is 7.82 Å². The van der Waals surface area contributed by atoms with E-state index in [9.17, 15) is 74.6 Å². The van der Waals surface area contributed by atoms with Crippen LogP contribution in [0.1, 0.15) is 387 Å². The zero-order chi connectivity index (χ0) is 84.0. The molecule has 3 rings (SSSR count). The standard InChI is InChI=1S/C89H163O25P/c1-5-9-13-17-21-25-29-33-35-39-42-46-50-54-58-62-73(92)106-68-71-77(96)79(98)83(102)89(110-71)113-86-84(111-75(94)64-60-56-52-48-44-40-36-34-30-26-22-18-14-10-6-2)80(99)81(100)85(112-88-82(101)78(97)76(95)70(65-90)109-88)87(86)114-115(103,104)107-67-69(108-74(93)63-59-55-51-47-43-38-32-28-24-20-16-12-8-4)66-105-72(91)61-57-53-49-45-41-37-31-27-23-19-15-11-7-3/h26,30,38,43,69-71,76-90,95-102H,5-25,27-29,31-37,39-42,44-68H2,1-4H3,(H,103,104)/b30-26-,43-38-. The third kappa shape index (κ3) is 49.0. The summed E-state index contributed by atoms with van der Waals surface area (Å²) in [6.45, 7) is 5.56. The molecule has 18 atom stereocenters. The quantitative estimate of drug-likeness (QED) is 0.00889. The number of carbonyl (C=O) groups is 4. The van der Waals surface area contributed by atoms with E-state index in [0.717, 1.165) is 135 Å². The van der Waals surface area contributed by atoms with Crippen LogP contribution in [0, 0.1) is 0 Å². The zero-order valence-corrected chi connectivity index (χ0v) is 72.5. The molecular weight excluding hydrogens is 1500 g/mol. The maximum Gasteiger partial charge on any atom is 0.472 e. The van der Waals surface area contributed by atoms with Gasteiger partial charge in [-0.3, -0.25) is 28.2 Å². The van der Waals surface area contributed by atoms with E-state index in [1.54, 1.807) is 0 Å². The number of hydrogen-bond acceptors (Lipinski definition) is 24. The van der Waals surface area contributed by atoms with Crippen molar-refractivity contribution in [1.82, 2.24) is 0 Å². The fourth-order valence-electron chi connectivity index (χ4n) is 15.1. The monoisotopic (exact) mass is 1660 g/mol. The molecule has 115 heavy (non-hydrogen) atoms. The first-order chi connectivity index (χ1) is 55.7. The lowest BCUT2D eigenvalue weighted by molar-refractivity contribution is -0.360. The number of esters is 4. The van der Waals surface area contributed by atoms with E-state index in [1.807, 2.05) is 0 Å². The second kappa shape index (κ2) is 68.5. The summed E-state index contributed by atoms with van der Waals surface area (Å²) < 4.78 is 73.3. The lowest BCUT2D eigenvalue weighted by Crippen LogP contribution is -2.70. The number of carbonyl (C=O) groups excluding carboxylic acids is 4. The largest absolute Gasteiger partial charge is 0.472 e. The summed E-state index contributed by atoms with van der Waals surface area (Å²) >= 11 is 0. The Kier molecular flexibility index (Phi) is 63.2. The molecule has 674 valence electrons. The number of aliphatic hydroxyl groups excluding tert-OH is 9. The Morgan fingerprint density at radius 1 is 0.339 bits per heavy atom. The molecule has 26 heteroatoms. The Labute approximate surface area is 692 Å². The van der Waals surface area contributed by atoms with E-state index < -0.39 is 162 Å². The first-order valence-corrected chi connectivity index (χ1v) is 47.6. The summed E-state index contributed by atoms with van der Waals surface area (Å²) in [5.41, 5.74) is 0. The van der Waals surface area contributed by atoms with E-state index in [4.69, 9.17) is 46.9 Å². The van der Waals surface area contributed by atoms with Crippen molar-refractivity contribution in [3.63, 3.8) is 0 Å². The minimum Gasteiger partial charge on any atom is -0.463 e. The van der Waals surface area contributed by atoms with Gasteiger partial charge in [-0.05, 0) is 77.0 Å². The van der Waals surface area contributed by atoms with Crippen molar-refractivity contribution in [2.75, 3.05) is 26.4 Å². The number of aliphatic hydroxyl groups is 9. The number of allylic oxidation sites excluding steroid dienone is 4. The molecule has 0 amide bonds. The Morgan fingerprint density at radius 2 is 0.652 bits per heavy atom. The van der Waals surface area contributed by atoms with Gasteiger partial charge in [-0.15, -0.1) is 0 Å². The maximum atomic E-state index is 14.9. The molecule has 0 aromatic heterocycles. The fourth-order valence-corrected chi connectivity index (χ4v) is 16.0. The minimum atomic E-state index is -5.81. The van der Waals surface area contributed by atoms with Gasteiger partial charge in [0.1, 0.15) is 92.6 Å². The topological polar surface area (TPSA) is 380 Å². The van der Waals surface area contributed by atoms with Crippen LogP contribution in [0.4, 0.5) is 0 Å². The highest BCUT2D eigenvalue weighted by Crippen LogP contribution is 2.49. The summed E-state index contributed by atoms with van der Waals surface area (Å²) in [5, 5.41) is 102. The molecule has 0 aromatic rings. The van der Waals surface area contributed by atoms with Gasteiger partial charge in [0.2, 0.25) is 0 Å². The Morgan fingerprint density at radius 3 is 1.05 bits per heavy atom. The Hall–Kier alpha value is -3.05. The summed E-state index contributed by atoms with van der Waals surface area (Å²) in [5.74, 6) is -2.98. The van der Waals surface area contributed by atoms with E-state index >= 15 is 0 Å². The van der Waals surface area contributed by atoms with Crippen LogP contribution in [-0.4, -0.2) is 205 Å². The van der Waals surface area contributed by atoms with Crippen molar-refractivity contribution >= 4 is 31.7 Å². The van der Waals surface area contributed by atoms with Crippen LogP contribution < -0.4 is 0 Å².